The molecule has 1 saturated heterocycles. The molecule has 1 fully saturated rings. The number of piperazine rings is 1. The van der Waals surface area contributed by atoms with Crippen molar-refractivity contribution in [2.24, 2.45) is 0 Å². The molecular formula is C19H21BrN6O3S. The smallest absolute Gasteiger partial charge is 0.404 e. The summed E-state index contributed by atoms with van der Waals surface area (Å²) in [5, 5.41) is 18.1. The Labute approximate surface area is 186 Å². The molecule has 0 bridgehead atoms. The van der Waals surface area contributed by atoms with Gasteiger partial charge in [0.05, 0.1) is 24.1 Å². The molecule has 2 aromatic heterocycles. The molecule has 3 aromatic rings. The number of methoxy groups -OCH3 is 1. The summed E-state index contributed by atoms with van der Waals surface area (Å²) < 4.78 is 7.22. The number of hydrogen-bond acceptors (Lipinski definition) is 8. The minimum Gasteiger partial charge on any atom is -0.497 e. The molecule has 3 heterocycles. The predicted molar refractivity (Wildman–Crippen MR) is 118 cm³/mol. The average Bonchev–Trinajstić information content (AvgIpc) is 3.36. The fourth-order valence-corrected chi connectivity index (χ4v) is 4.63. The Morgan fingerprint density at radius 2 is 1.90 bits per heavy atom. The van der Waals surface area contributed by atoms with Crippen molar-refractivity contribution in [1.29, 1.82) is 0 Å². The minimum atomic E-state index is -0.480. The van der Waals surface area contributed by atoms with Crippen molar-refractivity contribution in [1.82, 2.24) is 24.6 Å². The lowest BCUT2D eigenvalue weighted by Gasteiger charge is -2.33. The van der Waals surface area contributed by atoms with Gasteiger partial charge in [-0.2, -0.15) is 4.68 Å². The Morgan fingerprint density at radius 3 is 2.53 bits per heavy atom. The highest BCUT2D eigenvalue weighted by molar-refractivity contribution is 9.10. The van der Waals surface area contributed by atoms with Gasteiger partial charge in [-0.25, -0.2) is 4.98 Å². The van der Waals surface area contributed by atoms with Gasteiger partial charge >= 0.3 is 5.82 Å². The molecule has 0 unspecified atom stereocenters. The minimum absolute atomic E-state index is 0.148. The highest BCUT2D eigenvalue weighted by Gasteiger charge is 2.22. The number of nitro groups is 1. The Balaban J connectivity index is 1.29. The fraction of sp³-hybridized carbons (Fsp3) is 0.368. The molecule has 9 nitrogen and oxygen atoms in total. The number of benzene rings is 1. The van der Waals surface area contributed by atoms with Gasteiger partial charge in [0.25, 0.3) is 0 Å². The standard InChI is InChI=1S/C19H21BrN6O3S/c1-29-16-4-2-14(3-5-16)19-21-15(12-30-19)10-23-6-8-24(9-7-23)13-25-11-17(20)18(22-25)26(27)28/h2-5,11-12H,6-10,13H2,1H3. The number of hydrogen-bond donors (Lipinski definition) is 0. The average molecular weight is 493 g/mol. The highest BCUT2D eigenvalue weighted by Crippen LogP contribution is 2.26. The van der Waals surface area contributed by atoms with Gasteiger partial charge in [0.1, 0.15) is 21.9 Å². The maximum absolute atomic E-state index is 10.9. The topological polar surface area (TPSA) is 89.6 Å². The van der Waals surface area contributed by atoms with Crippen LogP contribution in [0.15, 0.2) is 40.3 Å². The van der Waals surface area contributed by atoms with Gasteiger partial charge in [0, 0.05) is 43.7 Å². The number of aromatic nitrogens is 3. The Hall–Kier alpha value is -2.34. The first kappa shape index (κ1) is 20.9. The van der Waals surface area contributed by atoms with Crippen molar-refractivity contribution < 1.29 is 9.66 Å². The summed E-state index contributed by atoms with van der Waals surface area (Å²) in [4.78, 5) is 19.9. The second kappa shape index (κ2) is 9.21. The first-order valence-corrected chi connectivity index (χ1v) is 11.1. The van der Waals surface area contributed by atoms with Crippen molar-refractivity contribution in [3.8, 4) is 16.3 Å². The molecule has 0 N–H and O–H groups in total. The number of nitrogens with zero attached hydrogens (tertiary/aromatic N) is 6. The van der Waals surface area contributed by atoms with Crippen LogP contribution in [0.3, 0.4) is 0 Å². The number of halogens is 1. The first-order chi connectivity index (χ1) is 14.5. The highest BCUT2D eigenvalue weighted by atomic mass is 79.9. The number of rotatable bonds is 7. The molecule has 4 rings (SSSR count). The van der Waals surface area contributed by atoms with E-state index in [4.69, 9.17) is 9.72 Å². The van der Waals surface area contributed by atoms with Crippen LogP contribution in [-0.2, 0) is 13.2 Å². The summed E-state index contributed by atoms with van der Waals surface area (Å²) in [6.07, 6.45) is 1.65. The molecular weight excluding hydrogens is 472 g/mol. The third-order valence-electron chi connectivity index (χ3n) is 4.96. The third-order valence-corrected chi connectivity index (χ3v) is 6.46. The zero-order valence-electron chi connectivity index (χ0n) is 16.4. The van der Waals surface area contributed by atoms with Gasteiger partial charge in [0.2, 0.25) is 0 Å². The zero-order valence-corrected chi connectivity index (χ0v) is 18.8. The van der Waals surface area contributed by atoms with E-state index in [-0.39, 0.29) is 5.82 Å². The van der Waals surface area contributed by atoms with Crippen LogP contribution in [0.4, 0.5) is 5.82 Å². The normalized spacial score (nSPS) is 15.4. The van der Waals surface area contributed by atoms with Crippen molar-refractivity contribution in [2.45, 2.75) is 13.2 Å². The maximum atomic E-state index is 10.9. The third kappa shape index (κ3) is 4.86. The van der Waals surface area contributed by atoms with Crippen LogP contribution in [0.2, 0.25) is 0 Å². The van der Waals surface area contributed by atoms with E-state index in [0.29, 0.717) is 11.1 Å². The maximum Gasteiger partial charge on any atom is 0.404 e. The molecule has 0 aliphatic carbocycles. The van der Waals surface area contributed by atoms with E-state index in [0.717, 1.165) is 54.7 Å². The molecule has 0 amide bonds. The summed E-state index contributed by atoms with van der Waals surface area (Å²) in [7, 11) is 1.66. The Bertz CT molecular complexity index is 1010. The number of ether oxygens (including phenoxy) is 1. The van der Waals surface area contributed by atoms with Crippen LogP contribution in [0.5, 0.6) is 5.75 Å². The molecule has 158 valence electrons. The van der Waals surface area contributed by atoms with E-state index in [1.54, 1.807) is 29.3 Å². The summed E-state index contributed by atoms with van der Waals surface area (Å²) in [6.45, 7) is 4.94. The van der Waals surface area contributed by atoms with Crippen LogP contribution in [-0.4, -0.2) is 62.8 Å². The van der Waals surface area contributed by atoms with Gasteiger partial charge < -0.3 is 14.9 Å². The fourth-order valence-electron chi connectivity index (χ4n) is 3.35. The van der Waals surface area contributed by atoms with Gasteiger partial charge in [-0.1, -0.05) is 0 Å². The predicted octanol–water partition coefficient (Wildman–Crippen LogP) is 3.46. The zero-order chi connectivity index (χ0) is 21.1. The van der Waals surface area contributed by atoms with E-state index in [2.05, 4.69) is 36.2 Å². The first-order valence-electron chi connectivity index (χ1n) is 9.42. The van der Waals surface area contributed by atoms with E-state index in [1.807, 2.05) is 24.3 Å². The van der Waals surface area contributed by atoms with Gasteiger partial charge in [0.15, 0.2) is 0 Å². The van der Waals surface area contributed by atoms with Crippen molar-refractivity contribution >= 4 is 33.1 Å². The Kier molecular flexibility index (Phi) is 6.42. The van der Waals surface area contributed by atoms with Crippen molar-refractivity contribution in [3.63, 3.8) is 0 Å². The lowest BCUT2D eigenvalue weighted by atomic mass is 10.2. The summed E-state index contributed by atoms with van der Waals surface area (Å²) in [5.41, 5.74) is 2.17. The number of thiazole rings is 1. The lowest BCUT2D eigenvalue weighted by Crippen LogP contribution is -2.46. The van der Waals surface area contributed by atoms with E-state index in [1.165, 1.54) is 0 Å². The van der Waals surface area contributed by atoms with Crippen LogP contribution >= 0.6 is 27.3 Å². The molecule has 0 atom stereocenters. The Morgan fingerprint density at radius 1 is 1.20 bits per heavy atom. The van der Waals surface area contributed by atoms with Gasteiger partial charge in [-0.05, 0) is 45.1 Å². The summed E-state index contributed by atoms with van der Waals surface area (Å²) in [6, 6.07) is 7.95. The van der Waals surface area contributed by atoms with E-state index in [9.17, 15) is 10.1 Å². The van der Waals surface area contributed by atoms with Gasteiger partial charge in [-0.15, -0.1) is 11.3 Å². The van der Waals surface area contributed by atoms with Crippen molar-refractivity contribution in [3.05, 3.63) is 56.1 Å². The molecule has 0 saturated carbocycles. The second-order valence-electron chi connectivity index (χ2n) is 7.01. The van der Waals surface area contributed by atoms with E-state index >= 15 is 0 Å². The van der Waals surface area contributed by atoms with Crippen LogP contribution < -0.4 is 4.74 Å². The SMILES string of the molecule is COc1ccc(-c2nc(CN3CCN(Cn4cc(Br)c([N+](=O)[O-])n4)CC3)cs2)cc1. The largest absolute Gasteiger partial charge is 0.497 e. The van der Waals surface area contributed by atoms with Crippen LogP contribution in [0.1, 0.15) is 5.69 Å². The lowest BCUT2D eigenvalue weighted by molar-refractivity contribution is -0.390. The van der Waals surface area contributed by atoms with Crippen LogP contribution in [0, 0.1) is 10.1 Å². The summed E-state index contributed by atoms with van der Waals surface area (Å²) in [5.74, 6) is 0.690. The van der Waals surface area contributed by atoms with Crippen LogP contribution in [0.25, 0.3) is 10.6 Å². The molecule has 1 aliphatic rings. The molecule has 30 heavy (non-hydrogen) atoms. The molecule has 11 heteroatoms. The molecule has 0 spiro atoms. The summed E-state index contributed by atoms with van der Waals surface area (Å²) >= 11 is 4.84. The molecule has 1 aliphatic heterocycles. The monoisotopic (exact) mass is 492 g/mol. The molecule has 1 aromatic carbocycles. The molecule has 0 radical (unpaired) electrons. The van der Waals surface area contributed by atoms with Gasteiger partial charge in [-0.3, -0.25) is 9.80 Å². The quantitative estimate of drug-likeness (QED) is 0.368. The van der Waals surface area contributed by atoms with E-state index < -0.39 is 4.92 Å². The second-order valence-corrected chi connectivity index (χ2v) is 8.72. The van der Waals surface area contributed by atoms with Crippen molar-refractivity contribution in [2.75, 3.05) is 33.3 Å².